The van der Waals surface area contributed by atoms with E-state index in [0.717, 1.165) is 31.0 Å². The van der Waals surface area contributed by atoms with Crippen molar-refractivity contribution in [2.24, 2.45) is 0 Å². The Morgan fingerprint density at radius 1 is 0.825 bits per heavy atom. The lowest BCUT2D eigenvalue weighted by molar-refractivity contribution is -0.128. The molecule has 0 unspecified atom stereocenters. The Bertz CT molecular complexity index is 1100. The fourth-order valence-electron chi connectivity index (χ4n) is 4.12. The maximum Gasteiger partial charge on any atom is 0.488 e. The average Bonchev–Trinajstić information content (AvgIpc) is 2.89. The van der Waals surface area contributed by atoms with Gasteiger partial charge in [0, 0.05) is 19.6 Å². The van der Waals surface area contributed by atoms with E-state index in [1.807, 2.05) is 6.92 Å². The number of hydrogen-bond donors (Lipinski definition) is 8. The van der Waals surface area contributed by atoms with Crippen molar-refractivity contribution in [3.63, 3.8) is 0 Å². The Labute approximate surface area is 233 Å². The molecule has 10 nitrogen and oxygen atoms in total. The predicted molar refractivity (Wildman–Crippen MR) is 150 cm³/mol. The third-order valence-electron chi connectivity index (χ3n) is 6.26. The molecule has 0 aromatic heterocycles. The van der Waals surface area contributed by atoms with Crippen LogP contribution >= 0.6 is 0 Å². The van der Waals surface area contributed by atoms with Crippen LogP contribution < -0.4 is 32.2 Å². The molecule has 2 aromatic rings. The number of amides is 2. The zero-order valence-corrected chi connectivity index (χ0v) is 22.6. The summed E-state index contributed by atoms with van der Waals surface area (Å²) in [4.78, 5) is 25.3. The lowest BCUT2D eigenvalue weighted by Crippen LogP contribution is -2.49. The minimum atomic E-state index is -1.78. The Hall–Kier alpha value is -2.87. The van der Waals surface area contributed by atoms with Gasteiger partial charge in [0.15, 0.2) is 0 Å². The van der Waals surface area contributed by atoms with E-state index in [0.29, 0.717) is 43.5 Å². The fraction of sp³-hybridized carbons (Fsp3) is 0.462. The SMILES string of the molecule is CCCCNC(=O)[C@H](CCCCNCc1cc(F)ccc1B(O)O)NC(=O)CNCc1cc(F)ccc1B(O)O. The summed E-state index contributed by atoms with van der Waals surface area (Å²) in [5.74, 6) is -1.78. The molecule has 0 heterocycles. The molecule has 0 spiro atoms. The second kappa shape index (κ2) is 17.7. The first-order valence-corrected chi connectivity index (χ1v) is 13.4. The standard InChI is InChI=1S/C26H38B2F2N4O6/c1-2-3-12-33-26(36)24(6-4-5-11-31-15-18-13-20(29)7-9-22(18)27(37)38)34-25(35)17-32-16-19-14-21(30)8-10-23(19)28(39)40/h7-10,13-14,24,31-32,37-40H,2-6,11-12,15-17H2,1H3,(H,33,36)(H,34,35)/t24-/m0/s1. The van der Waals surface area contributed by atoms with Crippen LogP contribution in [0.25, 0.3) is 0 Å². The van der Waals surface area contributed by atoms with Crippen LogP contribution in [0.2, 0.25) is 0 Å². The maximum absolute atomic E-state index is 13.6. The second-order valence-corrected chi connectivity index (χ2v) is 9.47. The van der Waals surface area contributed by atoms with E-state index in [1.165, 1.54) is 18.2 Å². The number of benzene rings is 2. The number of carbonyl (C=O) groups excluding carboxylic acids is 2. The van der Waals surface area contributed by atoms with Crippen molar-refractivity contribution in [1.29, 1.82) is 0 Å². The predicted octanol–water partition coefficient (Wildman–Crippen LogP) is -1.22. The fourth-order valence-corrected chi connectivity index (χ4v) is 4.12. The Morgan fingerprint density at radius 2 is 1.40 bits per heavy atom. The number of rotatable bonds is 18. The largest absolute Gasteiger partial charge is 0.488 e. The number of unbranched alkanes of at least 4 members (excludes halogenated alkanes) is 2. The zero-order chi connectivity index (χ0) is 29.5. The molecule has 0 aliphatic carbocycles. The summed E-state index contributed by atoms with van der Waals surface area (Å²) in [5, 5.41) is 49.3. The number of carbonyl (C=O) groups is 2. The minimum absolute atomic E-state index is 0.0114. The summed E-state index contributed by atoms with van der Waals surface area (Å²) in [6.45, 7) is 3.07. The smallest absolute Gasteiger partial charge is 0.423 e. The Kier molecular flexibility index (Phi) is 14.8. The molecule has 0 saturated carbocycles. The molecule has 218 valence electrons. The number of nitrogens with one attached hydrogen (secondary N) is 4. The highest BCUT2D eigenvalue weighted by Crippen LogP contribution is 2.05. The monoisotopic (exact) mass is 562 g/mol. The summed E-state index contributed by atoms with van der Waals surface area (Å²) < 4.78 is 27.1. The molecule has 2 rings (SSSR count). The molecule has 1 atom stereocenters. The highest BCUT2D eigenvalue weighted by Gasteiger charge is 2.21. The lowest BCUT2D eigenvalue weighted by atomic mass is 9.77. The van der Waals surface area contributed by atoms with E-state index in [9.17, 15) is 38.5 Å². The average molecular weight is 562 g/mol. The van der Waals surface area contributed by atoms with Crippen molar-refractivity contribution < 1.29 is 38.5 Å². The molecule has 40 heavy (non-hydrogen) atoms. The molecule has 8 N–H and O–H groups in total. The van der Waals surface area contributed by atoms with Gasteiger partial charge in [0.25, 0.3) is 0 Å². The topological polar surface area (TPSA) is 163 Å². The second-order valence-electron chi connectivity index (χ2n) is 9.47. The first-order chi connectivity index (χ1) is 19.1. The van der Waals surface area contributed by atoms with Gasteiger partial charge in [-0.3, -0.25) is 9.59 Å². The van der Waals surface area contributed by atoms with Gasteiger partial charge in [0.05, 0.1) is 6.54 Å². The van der Waals surface area contributed by atoms with Crippen LogP contribution in [0.3, 0.4) is 0 Å². The molecule has 0 bridgehead atoms. The van der Waals surface area contributed by atoms with Gasteiger partial charge in [-0.05, 0) is 78.5 Å². The first-order valence-electron chi connectivity index (χ1n) is 13.4. The molecule has 0 fully saturated rings. The quantitative estimate of drug-likeness (QED) is 0.0828. The first kappa shape index (κ1) is 33.3. The van der Waals surface area contributed by atoms with E-state index in [2.05, 4.69) is 21.3 Å². The van der Waals surface area contributed by atoms with Gasteiger partial charge in [0.1, 0.15) is 17.7 Å². The Morgan fingerprint density at radius 3 is 1.95 bits per heavy atom. The van der Waals surface area contributed by atoms with Crippen LogP contribution in [0, 0.1) is 11.6 Å². The van der Waals surface area contributed by atoms with E-state index in [4.69, 9.17) is 0 Å². The van der Waals surface area contributed by atoms with Crippen LogP contribution in [0.1, 0.15) is 50.2 Å². The van der Waals surface area contributed by atoms with Gasteiger partial charge in [-0.15, -0.1) is 0 Å². The van der Waals surface area contributed by atoms with Gasteiger partial charge >= 0.3 is 14.2 Å². The van der Waals surface area contributed by atoms with Crippen molar-refractivity contribution in [3.8, 4) is 0 Å². The molecular formula is C26H38B2F2N4O6. The molecule has 0 aliphatic rings. The third kappa shape index (κ3) is 11.7. The van der Waals surface area contributed by atoms with Crippen LogP contribution in [0.4, 0.5) is 8.78 Å². The molecular weight excluding hydrogens is 524 g/mol. The molecule has 2 amide bonds. The van der Waals surface area contributed by atoms with Crippen LogP contribution in [-0.2, 0) is 22.7 Å². The lowest BCUT2D eigenvalue weighted by Gasteiger charge is -2.19. The van der Waals surface area contributed by atoms with Gasteiger partial charge in [-0.2, -0.15) is 0 Å². The minimum Gasteiger partial charge on any atom is -0.423 e. The van der Waals surface area contributed by atoms with Gasteiger partial charge in [-0.25, -0.2) is 8.78 Å². The highest BCUT2D eigenvalue weighted by molar-refractivity contribution is 6.59. The van der Waals surface area contributed by atoms with Crippen LogP contribution in [0.15, 0.2) is 36.4 Å². The summed E-state index contributed by atoms with van der Waals surface area (Å²) in [7, 11) is -3.49. The van der Waals surface area contributed by atoms with Gasteiger partial charge in [-0.1, -0.05) is 25.5 Å². The maximum atomic E-state index is 13.6. The highest BCUT2D eigenvalue weighted by atomic mass is 19.1. The zero-order valence-electron chi connectivity index (χ0n) is 22.6. The van der Waals surface area contributed by atoms with E-state index >= 15 is 0 Å². The summed E-state index contributed by atoms with van der Waals surface area (Å²) in [5.41, 5.74) is 1.07. The number of halogens is 2. The molecule has 0 saturated heterocycles. The van der Waals surface area contributed by atoms with Gasteiger partial charge in [0.2, 0.25) is 11.8 Å². The summed E-state index contributed by atoms with van der Waals surface area (Å²) in [6, 6.07) is 6.47. The summed E-state index contributed by atoms with van der Waals surface area (Å²) >= 11 is 0. The van der Waals surface area contributed by atoms with E-state index < -0.39 is 37.8 Å². The summed E-state index contributed by atoms with van der Waals surface area (Å²) in [6.07, 6.45) is 3.31. The van der Waals surface area contributed by atoms with E-state index in [-0.39, 0.29) is 36.5 Å². The van der Waals surface area contributed by atoms with Crippen LogP contribution in [-0.4, -0.2) is 71.8 Å². The van der Waals surface area contributed by atoms with Crippen molar-refractivity contribution in [2.75, 3.05) is 19.6 Å². The van der Waals surface area contributed by atoms with Crippen molar-refractivity contribution in [3.05, 3.63) is 59.2 Å². The van der Waals surface area contributed by atoms with Crippen molar-refractivity contribution in [2.45, 2.75) is 58.2 Å². The van der Waals surface area contributed by atoms with Crippen LogP contribution in [0.5, 0.6) is 0 Å². The van der Waals surface area contributed by atoms with Crippen molar-refractivity contribution >= 4 is 37.0 Å². The van der Waals surface area contributed by atoms with Gasteiger partial charge < -0.3 is 41.4 Å². The molecule has 2 aromatic carbocycles. The molecule has 0 radical (unpaired) electrons. The normalized spacial score (nSPS) is 11.7. The molecule has 0 aliphatic heterocycles. The van der Waals surface area contributed by atoms with E-state index in [1.54, 1.807) is 0 Å². The van der Waals surface area contributed by atoms with Crippen molar-refractivity contribution in [1.82, 2.24) is 21.3 Å². The number of hydrogen-bond acceptors (Lipinski definition) is 8. The Balaban J connectivity index is 1.84. The molecule has 14 heteroatoms. The third-order valence-corrected chi connectivity index (χ3v) is 6.26.